The molecule has 2 aromatic heterocycles. The first-order valence-corrected chi connectivity index (χ1v) is 12.3. The molecule has 2 N–H and O–H groups in total. The summed E-state index contributed by atoms with van der Waals surface area (Å²) in [6.07, 6.45) is 1.45. The SMILES string of the molecule is CCOC(=O)c1c(C)[nH]c(/C=N/NC(=O)Cn2c(C)c(C(=O)OCC)c(C)c2-c2ccc(Cl)cc2)c1C. The van der Waals surface area contributed by atoms with Crippen LogP contribution in [0.3, 0.4) is 0 Å². The lowest BCUT2D eigenvalue weighted by Crippen LogP contribution is -2.24. The van der Waals surface area contributed by atoms with Crippen molar-refractivity contribution in [3.05, 3.63) is 68.6 Å². The van der Waals surface area contributed by atoms with Crippen molar-refractivity contribution in [3.8, 4) is 11.3 Å². The molecule has 3 aromatic rings. The van der Waals surface area contributed by atoms with Crippen molar-refractivity contribution >= 4 is 35.7 Å². The van der Waals surface area contributed by atoms with E-state index < -0.39 is 17.8 Å². The van der Waals surface area contributed by atoms with Gasteiger partial charge in [0.05, 0.1) is 41.9 Å². The predicted octanol–water partition coefficient (Wildman–Crippen LogP) is 4.87. The number of H-pyrrole nitrogens is 1. The Bertz CT molecular complexity index is 1350. The Balaban J connectivity index is 1.87. The van der Waals surface area contributed by atoms with Crippen LogP contribution in [0.25, 0.3) is 11.3 Å². The molecule has 0 aliphatic rings. The number of carbonyl (C=O) groups excluding carboxylic acids is 3. The lowest BCUT2D eigenvalue weighted by Gasteiger charge is -2.12. The minimum absolute atomic E-state index is 0.0851. The van der Waals surface area contributed by atoms with E-state index in [0.29, 0.717) is 50.1 Å². The fourth-order valence-electron chi connectivity index (χ4n) is 4.34. The largest absolute Gasteiger partial charge is 0.462 e. The van der Waals surface area contributed by atoms with Gasteiger partial charge in [0.2, 0.25) is 0 Å². The number of aromatic nitrogens is 2. The van der Waals surface area contributed by atoms with Gasteiger partial charge in [0, 0.05) is 16.4 Å². The van der Waals surface area contributed by atoms with Gasteiger partial charge in [-0.1, -0.05) is 23.7 Å². The van der Waals surface area contributed by atoms with Crippen molar-refractivity contribution in [1.29, 1.82) is 0 Å². The molecule has 0 atom stereocenters. The molecule has 0 saturated heterocycles. The molecular weight excluding hydrogens is 496 g/mol. The third-order valence-corrected chi connectivity index (χ3v) is 6.26. The summed E-state index contributed by atoms with van der Waals surface area (Å²) in [5.74, 6) is -1.26. The molecule has 1 aromatic carbocycles. The number of esters is 2. The quantitative estimate of drug-likeness (QED) is 0.234. The fourth-order valence-corrected chi connectivity index (χ4v) is 4.46. The Labute approximate surface area is 220 Å². The maximum atomic E-state index is 12.9. The normalized spacial score (nSPS) is 11.1. The molecule has 0 aliphatic heterocycles. The number of rotatable bonds is 9. The zero-order valence-electron chi connectivity index (χ0n) is 21.8. The third-order valence-electron chi connectivity index (χ3n) is 6.00. The number of aryl methyl sites for hydroxylation is 1. The number of amides is 1. The van der Waals surface area contributed by atoms with E-state index in [-0.39, 0.29) is 19.8 Å². The number of aromatic amines is 1. The minimum Gasteiger partial charge on any atom is -0.462 e. The van der Waals surface area contributed by atoms with Gasteiger partial charge in [0.25, 0.3) is 5.91 Å². The fraction of sp³-hybridized carbons (Fsp3) is 0.333. The van der Waals surface area contributed by atoms with E-state index in [4.69, 9.17) is 21.1 Å². The molecule has 37 heavy (non-hydrogen) atoms. The Morgan fingerprint density at radius 3 is 2.16 bits per heavy atom. The summed E-state index contributed by atoms with van der Waals surface area (Å²) in [4.78, 5) is 40.9. The molecular formula is C27H31ClN4O5. The Hall–Kier alpha value is -3.85. The molecule has 2 heterocycles. The molecule has 0 bridgehead atoms. The van der Waals surface area contributed by atoms with Crippen LogP contribution >= 0.6 is 11.6 Å². The molecule has 0 radical (unpaired) electrons. The van der Waals surface area contributed by atoms with Crippen molar-refractivity contribution in [2.45, 2.75) is 48.1 Å². The summed E-state index contributed by atoms with van der Waals surface area (Å²) in [6, 6.07) is 7.18. The van der Waals surface area contributed by atoms with Crippen LogP contribution in [0.5, 0.6) is 0 Å². The van der Waals surface area contributed by atoms with Crippen LogP contribution in [0.2, 0.25) is 5.02 Å². The molecule has 0 aliphatic carbocycles. The summed E-state index contributed by atoms with van der Waals surface area (Å²) < 4.78 is 12.1. The number of nitrogens with zero attached hydrogens (tertiary/aromatic N) is 2. The van der Waals surface area contributed by atoms with Crippen LogP contribution in [0.1, 0.15) is 62.8 Å². The van der Waals surface area contributed by atoms with Crippen molar-refractivity contribution in [2.75, 3.05) is 13.2 Å². The van der Waals surface area contributed by atoms with Crippen LogP contribution in [0.15, 0.2) is 29.4 Å². The van der Waals surface area contributed by atoms with E-state index in [0.717, 1.165) is 5.56 Å². The summed E-state index contributed by atoms with van der Waals surface area (Å²) in [5.41, 5.74) is 8.15. The molecule has 0 saturated carbocycles. The van der Waals surface area contributed by atoms with Crippen molar-refractivity contribution in [3.63, 3.8) is 0 Å². The van der Waals surface area contributed by atoms with Crippen LogP contribution in [0.4, 0.5) is 0 Å². The zero-order chi connectivity index (χ0) is 27.3. The second-order valence-corrected chi connectivity index (χ2v) is 8.86. The van der Waals surface area contributed by atoms with Crippen LogP contribution < -0.4 is 5.43 Å². The van der Waals surface area contributed by atoms with Crippen molar-refractivity contribution < 1.29 is 23.9 Å². The average molecular weight is 527 g/mol. The summed E-state index contributed by atoms with van der Waals surface area (Å²) in [6.45, 7) is 11.1. The van der Waals surface area contributed by atoms with Crippen LogP contribution in [-0.2, 0) is 20.8 Å². The van der Waals surface area contributed by atoms with Gasteiger partial charge in [-0.3, -0.25) is 4.79 Å². The summed E-state index contributed by atoms with van der Waals surface area (Å²) in [7, 11) is 0. The lowest BCUT2D eigenvalue weighted by atomic mass is 10.1. The standard InChI is InChI=1S/C27H31ClN4O5/c1-7-36-26(34)23-15(3)21(30-17(23)5)13-29-31-22(33)14-32-18(6)24(27(35)37-8-2)16(4)25(32)19-9-11-20(28)12-10-19/h9-13,30H,7-8,14H2,1-6H3,(H,31,33)/b29-13+. The zero-order valence-corrected chi connectivity index (χ0v) is 22.6. The summed E-state index contributed by atoms with van der Waals surface area (Å²) in [5, 5.41) is 4.64. The highest BCUT2D eigenvalue weighted by molar-refractivity contribution is 6.30. The topological polar surface area (TPSA) is 115 Å². The van der Waals surface area contributed by atoms with Gasteiger partial charge in [-0.25, -0.2) is 15.0 Å². The number of hydrogen-bond acceptors (Lipinski definition) is 6. The maximum Gasteiger partial charge on any atom is 0.340 e. The van der Waals surface area contributed by atoms with E-state index in [1.54, 1.807) is 51.3 Å². The minimum atomic E-state index is -0.445. The second kappa shape index (κ2) is 11.9. The number of ether oxygens (including phenoxy) is 2. The van der Waals surface area contributed by atoms with E-state index >= 15 is 0 Å². The van der Waals surface area contributed by atoms with Gasteiger partial charge in [-0.2, -0.15) is 5.10 Å². The van der Waals surface area contributed by atoms with Crippen LogP contribution in [0, 0.1) is 27.7 Å². The maximum absolute atomic E-state index is 12.9. The van der Waals surface area contributed by atoms with Gasteiger partial charge in [0.15, 0.2) is 0 Å². The van der Waals surface area contributed by atoms with Gasteiger partial charge in [0.1, 0.15) is 6.54 Å². The van der Waals surface area contributed by atoms with Gasteiger partial charge >= 0.3 is 11.9 Å². The molecule has 196 valence electrons. The van der Waals surface area contributed by atoms with Crippen molar-refractivity contribution in [1.82, 2.24) is 15.0 Å². The molecule has 10 heteroatoms. The second-order valence-electron chi connectivity index (χ2n) is 8.42. The first-order chi connectivity index (χ1) is 17.6. The van der Waals surface area contributed by atoms with Crippen LogP contribution in [-0.4, -0.2) is 46.8 Å². The van der Waals surface area contributed by atoms with Gasteiger partial charge < -0.3 is 19.0 Å². The van der Waals surface area contributed by atoms with E-state index in [2.05, 4.69) is 15.5 Å². The van der Waals surface area contributed by atoms with E-state index in [1.807, 2.05) is 19.1 Å². The summed E-state index contributed by atoms with van der Waals surface area (Å²) >= 11 is 6.07. The number of hydrazone groups is 1. The first-order valence-electron chi connectivity index (χ1n) is 11.9. The molecule has 0 unspecified atom stereocenters. The Morgan fingerprint density at radius 1 is 0.973 bits per heavy atom. The number of nitrogens with one attached hydrogen (secondary N) is 2. The lowest BCUT2D eigenvalue weighted by molar-refractivity contribution is -0.121. The number of carbonyl (C=O) groups is 3. The predicted molar refractivity (Wildman–Crippen MR) is 142 cm³/mol. The first kappa shape index (κ1) is 27.7. The smallest absolute Gasteiger partial charge is 0.340 e. The molecule has 0 fully saturated rings. The number of benzene rings is 1. The monoisotopic (exact) mass is 526 g/mol. The average Bonchev–Trinajstić information content (AvgIpc) is 3.26. The number of halogens is 1. The molecule has 3 rings (SSSR count). The molecule has 1 amide bonds. The number of hydrogen-bond donors (Lipinski definition) is 2. The van der Waals surface area contributed by atoms with Crippen molar-refractivity contribution in [2.24, 2.45) is 5.10 Å². The highest BCUT2D eigenvalue weighted by atomic mass is 35.5. The Kier molecular flexibility index (Phi) is 8.94. The van der Waals surface area contributed by atoms with Gasteiger partial charge in [-0.15, -0.1) is 0 Å². The van der Waals surface area contributed by atoms with Gasteiger partial charge in [-0.05, 0) is 70.4 Å². The van der Waals surface area contributed by atoms with E-state index in [9.17, 15) is 14.4 Å². The third kappa shape index (κ3) is 5.94. The molecule has 0 spiro atoms. The highest BCUT2D eigenvalue weighted by Gasteiger charge is 2.25. The molecule has 9 nitrogen and oxygen atoms in total. The van der Waals surface area contributed by atoms with E-state index in [1.165, 1.54) is 6.21 Å². The Morgan fingerprint density at radius 2 is 1.57 bits per heavy atom. The highest BCUT2D eigenvalue weighted by Crippen LogP contribution is 2.32.